The Balaban J connectivity index is 1.83. The first-order chi connectivity index (χ1) is 12.1. The van der Waals surface area contributed by atoms with Crippen LogP contribution in [0.5, 0.6) is 0 Å². The third-order valence-electron chi connectivity index (χ3n) is 4.37. The predicted molar refractivity (Wildman–Crippen MR) is 111 cm³/mol. The molecule has 25 heavy (non-hydrogen) atoms. The van der Waals surface area contributed by atoms with Crippen molar-refractivity contribution in [1.82, 2.24) is 10.3 Å². The number of aryl methyl sites for hydroxylation is 1. The van der Waals surface area contributed by atoms with Crippen LogP contribution in [0.2, 0.25) is 0 Å². The molecule has 0 bridgehead atoms. The summed E-state index contributed by atoms with van der Waals surface area (Å²) in [6.45, 7) is 2.16. The Hall–Kier alpha value is -1.76. The van der Waals surface area contributed by atoms with Crippen LogP contribution in [0.4, 0.5) is 5.69 Å². The van der Waals surface area contributed by atoms with Gasteiger partial charge in [0.15, 0.2) is 5.11 Å². The van der Waals surface area contributed by atoms with Gasteiger partial charge in [0.05, 0.1) is 17.8 Å². The van der Waals surface area contributed by atoms with Gasteiger partial charge in [-0.05, 0) is 72.5 Å². The highest BCUT2D eigenvalue weighted by atomic mass is 79.9. The predicted octanol–water partition coefficient (Wildman–Crippen LogP) is 5.39. The molecule has 1 aliphatic heterocycles. The number of nitrogens with one attached hydrogen (secondary N) is 1. The van der Waals surface area contributed by atoms with Crippen molar-refractivity contribution in [2.24, 2.45) is 0 Å². The van der Waals surface area contributed by atoms with Crippen LogP contribution in [0, 0.1) is 6.92 Å². The van der Waals surface area contributed by atoms with E-state index in [0.29, 0.717) is 0 Å². The highest BCUT2D eigenvalue weighted by molar-refractivity contribution is 9.10. The first-order valence-corrected chi connectivity index (χ1v) is 10.0. The summed E-state index contributed by atoms with van der Waals surface area (Å²) in [5, 5.41) is 6.36. The molecule has 4 rings (SSSR count). The number of thiophene rings is 1. The molecule has 0 spiro atoms. The molecule has 3 nitrogen and oxygen atoms in total. The van der Waals surface area contributed by atoms with Crippen LogP contribution >= 0.6 is 39.5 Å². The number of nitrogens with zero attached hydrogens (tertiary/aromatic N) is 2. The minimum atomic E-state index is 0.0229. The third kappa shape index (κ3) is 3.10. The van der Waals surface area contributed by atoms with E-state index in [1.165, 1.54) is 10.4 Å². The second kappa shape index (κ2) is 6.86. The van der Waals surface area contributed by atoms with Gasteiger partial charge in [-0.15, -0.1) is 11.3 Å². The number of halogens is 1. The van der Waals surface area contributed by atoms with E-state index in [4.69, 9.17) is 12.2 Å². The Morgan fingerprint density at radius 3 is 2.60 bits per heavy atom. The van der Waals surface area contributed by atoms with Gasteiger partial charge in [-0.25, -0.2) is 0 Å². The molecule has 0 amide bonds. The topological polar surface area (TPSA) is 28.2 Å². The number of thiocarbonyl (C=S) groups is 1. The van der Waals surface area contributed by atoms with Crippen molar-refractivity contribution >= 4 is 50.3 Å². The number of rotatable bonds is 3. The summed E-state index contributed by atoms with van der Waals surface area (Å²) in [5.41, 5.74) is 3.36. The molecule has 2 aromatic heterocycles. The lowest BCUT2D eigenvalue weighted by Crippen LogP contribution is -2.29. The van der Waals surface area contributed by atoms with E-state index in [9.17, 15) is 0 Å². The summed E-state index contributed by atoms with van der Waals surface area (Å²) in [4.78, 5) is 8.09. The van der Waals surface area contributed by atoms with Crippen molar-refractivity contribution in [3.05, 3.63) is 80.7 Å². The fraction of sp³-hybridized carbons (Fsp3) is 0.158. The average Bonchev–Trinajstić information content (AvgIpc) is 3.19. The van der Waals surface area contributed by atoms with Crippen LogP contribution in [0.25, 0.3) is 0 Å². The zero-order chi connectivity index (χ0) is 17.4. The van der Waals surface area contributed by atoms with Crippen molar-refractivity contribution < 1.29 is 0 Å². The smallest absolute Gasteiger partial charge is 0.174 e. The van der Waals surface area contributed by atoms with Crippen LogP contribution < -0.4 is 10.2 Å². The van der Waals surface area contributed by atoms with E-state index >= 15 is 0 Å². The molecule has 0 saturated carbocycles. The van der Waals surface area contributed by atoms with Gasteiger partial charge in [0, 0.05) is 21.2 Å². The Morgan fingerprint density at radius 1 is 1.16 bits per heavy atom. The molecule has 1 saturated heterocycles. The highest BCUT2D eigenvalue weighted by Gasteiger charge is 2.41. The molecule has 126 valence electrons. The van der Waals surface area contributed by atoms with Gasteiger partial charge >= 0.3 is 0 Å². The molecule has 0 aliphatic carbocycles. The van der Waals surface area contributed by atoms with Crippen LogP contribution in [0.1, 0.15) is 28.2 Å². The van der Waals surface area contributed by atoms with Gasteiger partial charge in [0.2, 0.25) is 0 Å². The monoisotopic (exact) mass is 429 g/mol. The molecule has 1 fully saturated rings. The van der Waals surface area contributed by atoms with Gasteiger partial charge in [-0.3, -0.25) is 4.98 Å². The van der Waals surface area contributed by atoms with Crippen LogP contribution in [0.3, 0.4) is 0 Å². The van der Waals surface area contributed by atoms with Crippen molar-refractivity contribution in [3.63, 3.8) is 0 Å². The fourth-order valence-electron chi connectivity index (χ4n) is 3.19. The Labute approximate surface area is 164 Å². The molecular weight excluding hydrogens is 414 g/mol. The molecule has 2 atom stereocenters. The number of anilines is 1. The number of benzene rings is 1. The van der Waals surface area contributed by atoms with E-state index in [0.717, 1.165) is 21.0 Å². The van der Waals surface area contributed by atoms with Crippen LogP contribution in [-0.2, 0) is 0 Å². The Kier molecular flexibility index (Phi) is 4.58. The zero-order valence-corrected chi connectivity index (χ0v) is 16.7. The van der Waals surface area contributed by atoms with Crippen LogP contribution in [0.15, 0.2) is 64.6 Å². The number of hydrogen-bond acceptors (Lipinski definition) is 3. The average molecular weight is 430 g/mol. The van der Waals surface area contributed by atoms with Gasteiger partial charge in [-0.1, -0.05) is 22.0 Å². The van der Waals surface area contributed by atoms with Crippen molar-refractivity contribution in [2.75, 3.05) is 4.90 Å². The summed E-state index contributed by atoms with van der Waals surface area (Å²) < 4.78 is 1.06. The Morgan fingerprint density at radius 2 is 1.96 bits per heavy atom. The lowest BCUT2D eigenvalue weighted by Gasteiger charge is -2.27. The first kappa shape index (κ1) is 16.7. The summed E-state index contributed by atoms with van der Waals surface area (Å²) in [7, 11) is 0. The number of aromatic nitrogens is 1. The van der Waals surface area contributed by atoms with Crippen molar-refractivity contribution in [1.29, 1.82) is 0 Å². The van der Waals surface area contributed by atoms with Gasteiger partial charge in [0.1, 0.15) is 0 Å². The maximum absolute atomic E-state index is 5.71. The lowest BCUT2D eigenvalue weighted by molar-refractivity contribution is 0.573. The standard InChI is InChI=1S/C19H16BrN3S2/c1-12-9-11-25-18(12)17-16(15-4-2-3-10-21-15)22-19(24)23(17)14-7-5-13(20)6-8-14/h2-11,16-17H,1H3,(H,22,24)/t16-,17-/m1/s1. The molecule has 1 aliphatic rings. The normalized spacial score (nSPS) is 19.9. The van der Waals surface area contributed by atoms with Gasteiger partial charge in [0.25, 0.3) is 0 Å². The van der Waals surface area contributed by atoms with E-state index in [1.54, 1.807) is 11.3 Å². The summed E-state index contributed by atoms with van der Waals surface area (Å²) >= 11 is 11.0. The summed E-state index contributed by atoms with van der Waals surface area (Å²) in [6, 6.07) is 16.6. The molecule has 6 heteroatoms. The maximum atomic E-state index is 5.71. The Bertz CT molecular complexity index is 893. The fourth-order valence-corrected chi connectivity index (χ4v) is 4.85. The van der Waals surface area contributed by atoms with Gasteiger partial charge in [-0.2, -0.15) is 0 Å². The SMILES string of the molecule is Cc1ccsc1[C@H]1[C@@H](c2ccccn2)NC(=S)N1c1ccc(Br)cc1. The van der Waals surface area contributed by atoms with E-state index in [2.05, 4.69) is 67.7 Å². The van der Waals surface area contributed by atoms with Gasteiger partial charge < -0.3 is 10.2 Å². The highest BCUT2D eigenvalue weighted by Crippen LogP contribution is 2.44. The maximum Gasteiger partial charge on any atom is 0.174 e. The summed E-state index contributed by atoms with van der Waals surface area (Å²) in [6.07, 6.45) is 1.83. The largest absolute Gasteiger partial charge is 0.351 e. The molecular formula is C19H16BrN3S2. The van der Waals surface area contributed by atoms with Crippen LogP contribution in [-0.4, -0.2) is 10.1 Å². The number of pyridine rings is 1. The molecule has 1 aromatic carbocycles. The second-order valence-electron chi connectivity index (χ2n) is 5.94. The molecule has 0 radical (unpaired) electrons. The quantitative estimate of drug-likeness (QED) is 0.564. The molecule has 0 unspecified atom stereocenters. The zero-order valence-electron chi connectivity index (χ0n) is 13.5. The molecule has 1 N–H and O–H groups in total. The van der Waals surface area contributed by atoms with Crippen molar-refractivity contribution in [3.8, 4) is 0 Å². The van der Waals surface area contributed by atoms with E-state index < -0.39 is 0 Å². The second-order valence-corrected chi connectivity index (χ2v) is 8.19. The molecule has 3 heterocycles. The summed E-state index contributed by atoms with van der Waals surface area (Å²) in [5.74, 6) is 0. The minimum Gasteiger partial charge on any atom is -0.351 e. The van der Waals surface area contributed by atoms with Crippen molar-refractivity contribution in [2.45, 2.75) is 19.0 Å². The third-order valence-corrected chi connectivity index (χ3v) is 6.31. The number of hydrogen-bond donors (Lipinski definition) is 1. The van der Waals surface area contributed by atoms with E-state index in [1.807, 2.05) is 30.5 Å². The molecule has 3 aromatic rings. The van der Waals surface area contributed by atoms with E-state index in [-0.39, 0.29) is 12.1 Å². The lowest BCUT2D eigenvalue weighted by atomic mass is 10.0. The minimum absolute atomic E-state index is 0.0229. The first-order valence-electron chi connectivity index (χ1n) is 7.95.